The molecule has 0 bridgehead atoms. The van der Waals surface area contributed by atoms with Gasteiger partial charge in [0.1, 0.15) is 11.6 Å². The number of benzene rings is 1. The fourth-order valence-electron chi connectivity index (χ4n) is 1.75. The lowest BCUT2D eigenvalue weighted by molar-refractivity contribution is -0.124. The molecule has 2 atom stereocenters. The van der Waals surface area contributed by atoms with Crippen LogP contribution in [0.1, 0.15) is 33.3 Å². The van der Waals surface area contributed by atoms with Crippen molar-refractivity contribution in [3.63, 3.8) is 0 Å². The van der Waals surface area contributed by atoms with Crippen LogP contribution in [0.2, 0.25) is 0 Å². The molecule has 0 fully saturated rings. The number of ether oxygens (including phenoxy) is 2. The van der Waals surface area contributed by atoms with Crippen LogP contribution in [0, 0.1) is 0 Å². The Morgan fingerprint density at radius 1 is 1.23 bits per heavy atom. The van der Waals surface area contributed by atoms with E-state index >= 15 is 0 Å². The minimum absolute atomic E-state index is 0.321. The lowest BCUT2D eigenvalue weighted by Crippen LogP contribution is -2.52. The molecule has 1 rings (SSSR count). The standard InChI is InChI=1S/C16H24N2O4/c1-11(21-10-12-8-6-5-7-9-12)13(14(17)19)18-15(20)22-16(2,3)4/h5-9,11,13H,10H2,1-4H3,(H2,17,19)(H,18,20)/t11-,13-/m0/s1. The molecular weight excluding hydrogens is 284 g/mol. The molecule has 0 aromatic heterocycles. The Kier molecular flexibility index (Phi) is 6.37. The summed E-state index contributed by atoms with van der Waals surface area (Å²) in [6, 6.07) is 8.56. The first-order chi connectivity index (χ1) is 10.2. The van der Waals surface area contributed by atoms with Crippen LogP contribution in [0.4, 0.5) is 4.79 Å². The molecule has 0 spiro atoms. The topological polar surface area (TPSA) is 90.7 Å². The molecule has 3 N–H and O–H groups in total. The lowest BCUT2D eigenvalue weighted by atomic mass is 10.1. The summed E-state index contributed by atoms with van der Waals surface area (Å²) in [4.78, 5) is 23.3. The molecular formula is C16H24N2O4. The molecule has 0 heterocycles. The van der Waals surface area contributed by atoms with Crippen LogP contribution in [0.3, 0.4) is 0 Å². The Balaban J connectivity index is 2.58. The highest BCUT2D eigenvalue weighted by atomic mass is 16.6. The zero-order valence-corrected chi connectivity index (χ0v) is 13.5. The number of primary amides is 1. The normalized spacial score (nSPS) is 14.0. The molecule has 22 heavy (non-hydrogen) atoms. The third kappa shape index (κ3) is 6.58. The van der Waals surface area contributed by atoms with Crippen molar-refractivity contribution in [2.45, 2.75) is 52.0 Å². The van der Waals surface area contributed by atoms with Gasteiger partial charge >= 0.3 is 6.09 Å². The molecule has 6 nitrogen and oxygen atoms in total. The largest absolute Gasteiger partial charge is 0.444 e. The molecule has 2 amide bonds. The van der Waals surface area contributed by atoms with E-state index in [0.29, 0.717) is 6.61 Å². The molecule has 6 heteroatoms. The monoisotopic (exact) mass is 308 g/mol. The number of alkyl carbamates (subject to hydrolysis) is 1. The maximum atomic E-state index is 11.8. The van der Waals surface area contributed by atoms with Gasteiger partial charge in [0.25, 0.3) is 0 Å². The number of amides is 2. The summed E-state index contributed by atoms with van der Waals surface area (Å²) in [7, 11) is 0. The summed E-state index contributed by atoms with van der Waals surface area (Å²) in [5, 5.41) is 2.45. The third-order valence-electron chi connectivity index (χ3n) is 2.80. The molecule has 0 aliphatic rings. The predicted octanol–water partition coefficient (Wildman–Crippen LogP) is 1.97. The van der Waals surface area contributed by atoms with Crippen molar-refractivity contribution in [1.82, 2.24) is 5.32 Å². The second-order valence-corrected chi connectivity index (χ2v) is 6.03. The van der Waals surface area contributed by atoms with E-state index in [1.807, 2.05) is 30.3 Å². The summed E-state index contributed by atoms with van der Waals surface area (Å²) in [6.45, 7) is 7.21. The van der Waals surface area contributed by atoms with E-state index in [1.165, 1.54) is 0 Å². The number of carbonyl (C=O) groups is 2. The zero-order chi connectivity index (χ0) is 16.8. The van der Waals surface area contributed by atoms with Crippen LogP contribution in [-0.2, 0) is 20.9 Å². The highest BCUT2D eigenvalue weighted by Gasteiger charge is 2.28. The van der Waals surface area contributed by atoms with Gasteiger partial charge in [-0.15, -0.1) is 0 Å². The smallest absolute Gasteiger partial charge is 0.408 e. The number of rotatable bonds is 6. The maximum Gasteiger partial charge on any atom is 0.408 e. The number of carbonyl (C=O) groups excluding carboxylic acids is 2. The Hall–Kier alpha value is -2.08. The maximum absolute atomic E-state index is 11.8. The van der Waals surface area contributed by atoms with E-state index in [9.17, 15) is 9.59 Å². The summed E-state index contributed by atoms with van der Waals surface area (Å²) < 4.78 is 10.7. The fraction of sp³-hybridized carbons (Fsp3) is 0.500. The average molecular weight is 308 g/mol. The second kappa shape index (κ2) is 7.79. The zero-order valence-electron chi connectivity index (χ0n) is 13.5. The Morgan fingerprint density at radius 3 is 2.32 bits per heavy atom. The van der Waals surface area contributed by atoms with Gasteiger partial charge in [-0.1, -0.05) is 30.3 Å². The summed E-state index contributed by atoms with van der Waals surface area (Å²) >= 11 is 0. The van der Waals surface area contributed by atoms with Crippen molar-refractivity contribution < 1.29 is 19.1 Å². The van der Waals surface area contributed by atoms with Gasteiger partial charge in [0.15, 0.2) is 0 Å². The number of hydrogen-bond donors (Lipinski definition) is 2. The first-order valence-electron chi connectivity index (χ1n) is 7.13. The van der Waals surface area contributed by atoms with Gasteiger partial charge in [0, 0.05) is 0 Å². The van der Waals surface area contributed by atoms with Crippen LogP contribution in [-0.4, -0.2) is 29.7 Å². The molecule has 0 radical (unpaired) electrons. The van der Waals surface area contributed by atoms with E-state index in [2.05, 4.69) is 5.32 Å². The molecule has 0 unspecified atom stereocenters. The van der Waals surface area contributed by atoms with Crippen LogP contribution in [0.5, 0.6) is 0 Å². The summed E-state index contributed by atoms with van der Waals surface area (Å²) in [5.41, 5.74) is 5.64. The van der Waals surface area contributed by atoms with Crippen LogP contribution < -0.4 is 11.1 Å². The van der Waals surface area contributed by atoms with Crippen LogP contribution >= 0.6 is 0 Å². The van der Waals surface area contributed by atoms with Gasteiger partial charge in [-0.2, -0.15) is 0 Å². The molecule has 1 aromatic carbocycles. The van der Waals surface area contributed by atoms with Gasteiger partial charge in [-0.3, -0.25) is 4.79 Å². The average Bonchev–Trinajstić information content (AvgIpc) is 2.41. The van der Waals surface area contributed by atoms with E-state index < -0.39 is 29.7 Å². The van der Waals surface area contributed by atoms with Crippen molar-refractivity contribution in [1.29, 1.82) is 0 Å². The molecule has 0 aliphatic heterocycles. The lowest BCUT2D eigenvalue weighted by Gasteiger charge is -2.25. The number of nitrogens with two attached hydrogens (primary N) is 1. The van der Waals surface area contributed by atoms with Crippen molar-refractivity contribution in [2.24, 2.45) is 5.73 Å². The van der Waals surface area contributed by atoms with Crippen molar-refractivity contribution in [3.05, 3.63) is 35.9 Å². The predicted molar refractivity (Wildman–Crippen MR) is 83.0 cm³/mol. The minimum atomic E-state index is -0.960. The number of hydrogen-bond acceptors (Lipinski definition) is 4. The SMILES string of the molecule is C[C@H](OCc1ccccc1)[C@H](NC(=O)OC(C)(C)C)C(N)=O. The van der Waals surface area contributed by atoms with Crippen molar-refractivity contribution in [3.8, 4) is 0 Å². The molecule has 122 valence electrons. The Bertz CT molecular complexity index is 497. The first kappa shape index (κ1) is 18.0. The van der Waals surface area contributed by atoms with Crippen molar-refractivity contribution in [2.75, 3.05) is 0 Å². The Labute approximate surface area is 131 Å². The van der Waals surface area contributed by atoms with Gasteiger partial charge in [-0.25, -0.2) is 4.79 Å². The van der Waals surface area contributed by atoms with E-state index in [0.717, 1.165) is 5.56 Å². The molecule has 0 saturated carbocycles. The Morgan fingerprint density at radius 2 is 1.82 bits per heavy atom. The minimum Gasteiger partial charge on any atom is -0.444 e. The molecule has 0 saturated heterocycles. The first-order valence-corrected chi connectivity index (χ1v) is 7.13. The summed E-state index contributed by atoms with van der Waals surface area (Å²) in [5.74, 6) is -0.675. The summed E-state index contributed by atoms with van der Waals surface area (Å²) in [6.07, 6.45) is -1.28. The second-order valence-electron chi connectivity index (χ2n) is 6.03. The van der Waals surface area contributed by atoms with Gasteiger partial charge in [0.05, 0.1) is 12.7 Å². The van der Waals surface area contributed by atoms with Crippen molar-refractivity contribution >= 4 is 12.0 Å². The van der Waals surface area contributed by atoms with Gasteiger partial charge in [0.2, 0.25) is 5.91 Å². The molecule has 1 aromatic rings. The van der Waals surface area contributed by atoms with E-state index in [-0.39, 0.29) is 0 Å². The third-order valence-corrected chi connectivity index (χ3v) is 2.80. The highest BCUT2D eigenvalue weighted by molar-refractivity contribution is 5.84. The van der Waals surface area contributed by atoms with E-state index in [4.69, 9.17) is 15.2 Å². The van der Waals surface area contributed by atoms with Gasteiger partial charge in [-0.05, 0) is 33.3 Å². The fourth-order valence-corrected chi connectivity index (χ4v) is 1.75. The van der Waals surface area contributed by atoms with Crippen LogP contribution in [0.25, 0.3) is 0 Å². The molecule has 0 aliphatic carbocycles. The highest BCUT2D eigenvalue weighted by Crippen LogP contribution is 2.09. The van der Waals surface area contributed by atoms with E-state index in [1.54, 1.807) is 27.7 Å². The van der Waals surface area contributed by atoms with Crippen LogP contribution in [0.15, 0.2) is 30.3 Å². The quantitative estimate of drug-likeness (QED) is 0.840. The number of nitrogens with one attached hydrogen (secondary N) is 1. The van der Waals surface area contributed by atoms with Gasteiger partial charge < -0.3 is 20.5 Å².